The van der Waals surface area contributed by atoms with Crippen LogP contribution in [0.25, 0.3) is 11.1 Å². The molecule has 0 radical (unpaired) electrons. The lowest BCUT2D eigenvalue weighted by Gasteiger charge is -2.33. The van der Waals surface area contributed by atoms with E-state index in [9.17, 15) is 9.59 Å². The van der Waals surface area contributed by atoms with Gasteiger partial charge in [-0.3, -0.25) is 9.59 Å². The summed E-state index contributed by atoms with van der Waals surface area (Å²) >= 11 is 0. The molecule has 0 bridgehead atoms. The average Bonchev–Trinajstić information content (AvgIpc) is 2.73. The van der Waals surface area contributed by atoms with Crippen molar-refractivity contribution in [2.75, 3.05) is 37.3 Å². The van der Waals surface area contributed by atoms with Crippen LogP contribution in [-0.4, -0.2) is 53.5 Å². The molecule has 1 unspecified atom stereocenters. The third-order valence-electron chi connectivity index (χ3n) is 4.74. The highest BCUT2D eigenvalue weighted by Gasteiger charge is 2.23. The van der Waals surface area contributed by atoms with E-state index in [0.29, 0.717) is 25.3 Å². The monoisotopic (exact) mass is 382 g/mol. The van der Waals surface area contributed by atoms with Gasteiger partial charge in [-0.25, -0.2) is 4.98 Å². The number of amides is 1. The van der Waals surface area contributed by atoms with E-state index in [-0.39, 0.29) is 17.5 Å². The van der Waals surface area contributed by atoms with Crippen molar-refractivity contribution in [1.29, 1.82) is 0 Å². The zero-order valence-corrected chi connectivity index (χ0v) is 15.9. The minimum Gasteiger partial charge on any atom is -0.376 e. The third-order valence-corrected chi connectivity index (χ3v) is 4.74. The lowest BCUT2D eigenvalue weighted by atomic mass is 10.0. The molecule has 8 nitrogen and oxygen atoms in total. The van der Waals surface area contributed by atoms with E-state index in [4.69, 9.17) is 5.73 Å². The van der Waals surface area contributed by atoms with Crippen molar-refractivity contribution < 1.29 is 4.79 Å². The van der Waals surface area contributed by atoms with Gasteiger partial charge in [0.2, 0.25) is 5.91 Å². The van der Waals surface area contributed by atoms with Crippen LogP contribution in [0, 0.1) is 0 Å². The second kappa shape index (κ2) is 9.18. The Bertz CT molecular complexity index is 908. The van der Waals surface area contributed by atoms with Crippen LogP contribution >= 0.6 is 0 Å². The molecular formula is C20H26N6O2. The Labute approximate surface area is 163 Å². The summed E-state index contributed by atoms with van der Waals surface area (Å²) in [6, 6.07) is 5.67. The van der Waals surface area contributed by atoms with Crippen LogP contribution in [0.2, 0.25) is 0 Å². The standard InChI is InChI=1S/C20H26N6O2/c1-22-18-11-14(6-8-23-18)15-10-17(20(28)24-12-15)25-16-4-3-9-26(13-16)19(27)5-2-7-21/h2,5-6,8,10-12,16,25H,3-4,7,9,13,21H2,1H3,(H,22,23)(H,24,28)/b5-2+. The first-order chi connectivity index (χ1) is 13.6. The number of H-pyrrole nitrogens is 1. The van der Waals surface area contributed by atoms with Gasteiger partial charge < -0.3 is 26.3 Å². The fourth-order valence-corrected chi connectivity index (χ4v) is 3.29. The number of nitrogens with one attached hydrogen (secondary N) is 3. The van der Waals surface area contributed by atoms with Gasteiger partial charge in [0.25, 0.3) is 5.56 Å². The first kappa shape index (κ1) is 19.6. The van der Waals surface area contributed by atoms with Gasteiger partial charge in [0, 0.05) is 56.8 Å². The Morgan fingerprint density at radius 2 is 2.29 bits per heavy atom. The number of aromatic nitrogens is 2. The van der Waals surface area contributed by atoms with Crippen LogP contribution in [-0.2, 0) is 4.79 Å². The predicted molar refractivity (Wildman–Crippen MR) is 111 cm³/mol. The number of nitrogens with zero attached hydrogens (tertiary/aromatic N) is 2. The molecule has 1 aliphatic rings. The molecule has 5 N–H and O–H groups in total. The number of piperidine rings is 1. The molecule has 1 fully saturated rings. The summed E-state index contributed by atoms with van der Waals surface area (Å²) in [5.74, 6) is 0.709. The van der Waals surface area contributed by atoms with Gasteiger partial charge >= 0.3 is 0 Å². The molecule has 2 aromatic rings. The van der Waals surface area contributed by atoms with E-state index in [1.807, 2.05) is 25.2 Å². The van der Waals surface area contributed by atoms with Gasteiger partial charge in [0.15, 0.2) is 0 Å². The van der Waals surface area contributed by atoms with Crippen LogP contribution in [0.5, 0.6) is 0 Å². The van der Waals surface area contributed by atoms with Crippen molar-refractivity contribution >= 4 is 17.4 Å². The SMILES string of the molecule is CNc1cc(-c2c[nH]c(=O)c(NC3CCCN(C(=O)/C=C/CN)C3)c2)ccn1. The molecule has 3 heterocycles. The summed E-state index contributed by atoms with van der Waals surface area (Å²) in [7, 11) is 1.81. The van der Waals surface area contributed by atoms with E-state index < -0.39 is 0 Å². The molecule has 1 atom stereocenters. The minimum absolute atomic E-state index is 0.0191. The van der Waals surface area contributed by atoms with Gasteiger partial charge in [-0.1, -0.05) is 6.08 Å². The Morgan fingerprint density at radius 1 is 1.43 bits per heavy atom. The number of rotatable bonds is 6. The minimum atomic E-state index is -0.182. The number of anilines is 2. The number of carbonyl (C=O) groups is 1. The van der Waals surface area contributed by atoms with Crippen molar-refractivity contribution in [3.8, 4) is 11.1 Å². The molecule has 0 aliphatic carbocycles. The summed E-state index contributed by atoms with van der Waals surface area (Å²) in [6.45, 7) is 1.61. The summed E-state index contributed by atoms with van der Waals surface area (Å²) in [6.07, 6.45) is 8.36. The fraction of sp³-hybridized carbons (Fsp3) is 0.350. The number of hydrogen-bond donors (Lipinski definition) is 4. The van der Waals surface area contributed by atoms with Crippen molar-refractivity contribution in [3.05, 3.63) is 53.1 Å². The predicted octanol–water partition coefficient (Wildman–Crippen LogP) is 1.40. The Hall–Kier alpha value is -3.13. The van der Waals surface area contributed by atoms with Crippen LogP contribution in [0.15, 0.2) is 47.5 Å². The smallest absolute Gasteiger partial charge is 0.271 e. The van der Waals surface area contributed by atoms with E-state index in [1.165, 1.54) is 6.08 Å². The molecule has 28 heavy (non-hydrogen) atoms. The van der Waals surface area contributed by atoms with Gasteiger partial charge in [-0.2, -0.15) is 0 Å². The molecule has 0 aromatic carbocycles. The molecule has 0 spiro atoms. The lowest BCUT2D eigenvalue weighted by molar-refractivity contribution is -0.127. The summed E-state index contributed by atoms with van der Waals surface area (Å²) < 4.78 is 0. The number of nitrogens with two attached hydrogens (primary N) is 1. The summed E-state index contributed by atoms with van der Waals surface area (Å²) in [5.41, 5.74) is 7.57. The third kappa shape index (κ3) is 4.77. The molecule has 1 amide bonds. The lowest BCUT2D eigenvalue weighted by Crippen LogP contribution is -2.45. The maximum absolute atomic E-state index is 12.3. The highest BCUT2D eigenvalue weighted by Crippen LogP contribution is 2.22. The average molecular weight is 382 g/mol. The number of hydrogen-bond acceptors (Lipinski definition) is 6. The van der Waals surface area contributed by atoms with E-state index in [0.717, 1.165) is 29.8 Å². The number of pyridine rings is 2. The molecule has 0 saturated carbocycles. The molecule has 148 valence electrons. The van der Waals surface area contributed by atoms with Gasteiger partial charge in [0.05, 0.1) is 0 Å². The second-order valence-electron chi connectivity index (χ2n) is 6.72. The van der Waals surface area contributed by atoms with Gasteiger partial charge in [0.1, 0.15) is 11.5 Å². The topological polar surface area (TPSA) is 116 Å². The zero-order chi connectivity index (χ0) is 19.9. The molecule has 1 aliphatic heterocycles. The summed E-state index contributed by atoms with van der Waals surface area (Å²) in [4.78, 5) is 33.3. The second-order valence-corrected chi connectivity index (χ2v) is 6.72. The van der Waals surface area contributed by atoms with E-state index in [2.05, 4.69) is 20.6 Å². The van der Waals surface area contributed by atoms with E-state index >= 15 is 0 Å². The maximum Gasteiger partial charge on any atom is 0.271 e. The Balaban J connectivity index is 1.75. The number of carbonyl (C=O) groups excluding carboxylic acids is 1. The van der Waals surface area contributed by atoms with Crippen molar-refractivity contribution in [2.45, 2.75) is 18.9 Å². The Morgan fingerprint density at radius 3 is 3.07 bits per heavy atom. The van der Waals surface area contributed by atoms with Crippen LogP contribution in [0.4, 0.5) is 11.5 Å². The van der Waals surface area contributed by atoms with Crippen LogP contribution in [0.1, 0.15) is 12.8 Å². The van der Waals surface area contributed by atoms with Crippen molar-refractivity contribution in [2.24, 2.45) is 5.73 Å². The largest absolute Gasteiger partial charge is 0.376 e. The van der Waals surface area contributed by atoms with Gasteiger partial charge in [-0.15, -0.1) is 0 Å². The van der Waals surface area contributed by atoms with Crippen LogP contribution in [0.3, 0.4) is 0 Å². The number of likely N-dealkylation sites (tertiary alicyclic amines) is 1. The van der Waals surface area contributed by atoms with Crippen molar-refractivity contribution in [1.82, 2.24) is 14.9 Å². The molecule has 3 rings (SSSR count). The quantitative estimate of drug-likeness (QED) is 0.561. The Kier molecular flexibility index (Phi) is 6.44. The highest BCUT2D eigenvalue weighted by atomic mass is 16.2. The zero-order valence-electron chi connectivity index (χ0n) is 15.9. The fourth-order valence-electron chi connectivity index (χ4n) is 3.29. The normalized spacial score (nSPS) is 16.9. The van der Waals surface area contributed by atoms with Gasteiger partial charge in [-0.05, 0) is 36.6 Å². The van der Waals surface area contributed by atoms with Crippen LogP contribution < -0.4 is 21.9 Å². The summed E-state index contributed by atoms with van der Waals surface area (Å²) in [5, 5.41) is 6.32. The number of aromatic amines is 1. The van der Waals surface area contributed by atoms with Crippen molar-refractivity contribution in [3.63, 3.8) is 0 Å². The molecule has 2 aromatic heterocycles. The first-order valence-electron chi connectivity index (χ1n) is 9.39. The first-order valence-corrected chi connectivity index (χ1v) is 9.39. The molecule has 1 saturated heterocycles. The molecular weight excluding hydrogens is 356 g/mol. The van der Waals surface area contributed by atoms with E-state index in [1.54, 1.807) is 23.4 Å². The maximum atomic E-state index is 12.3. The molecule has 8 heteroatoms. The highest BCUT2D eigenvalue weighted by molar-refractivity contribution is 5.87.